The molecule has 0 radical (unpaired) electrons. The summed E-state index contributed by atoms with van der Waals surface area (Å²) in [6, 6.07) is 0. The number of carbonyl (C=O) groups excluding carboxylic acids is 1. The van der Waals surface area contributed by atoms with Gasteiger partial charge in [-0.15, -0.1) is 10.2 Å². The minimum absolute atomic E-state index is 0.194. The highest BCUT2D eigenvalue weighted by molar-refractivity contribution is 5.82. The van der Waals surface area contributed by atoms with E-state index >= 15 is 0 Å². The molecule has 1 aromatic heterocycles. The summed E-state index contributed by atoms with van der Waals surface area (Å²) in [6.45, 7) is 4.70. The fourth-order valence-electron chi connectivity index (χ4n) is 3.26. The molecule has 6 heteroatoms. The Morgan fingerprint density at radius 2 is 2.27 bits per heavy atom. The van der Waals surface area contributed by atoms with Crippen LogP contribution in [0.1, 0.15) is 37.8 Å². The maximum atomic E-state index is 12.8. The first kappa shape index (κ1) is 15.2. The molecule has 0 N–H and O–H groups in total. The van der Waals surface area contributed by atoms with Gasteiger partial charge >= 0.3 is 0 Å². The van der Waals surface area contributed by atoms with Crippen molar-refractivity contribution in [1.82, 2.24) is 19.7 Å². The van der Waals surface area contributed by atoms with Gasteiger partial charge in [-0.2, -0.15) is 0 Å². The molecule has 0 spiro atoms. The molecule has 1 unspecified atom stereocenters. The minimum atomic E-state index is -0.283. The Morgan fingerprint density at radius 1 is 1.41 bits per heavy atom. The first-order valence-electron chi connectivity index (χ1n) is 7.99. The summed E-state index contributed by atoms with van der Waals surface area (Å²) in [5.41, 5.74) is -0.283. The van der Waals surface area contributed by atoms with Gasteiger partial charge in [0.25, 0.3) is 0 Å². The molecule has 1 aliphatic carbocycles. The molecule has 6 nitrogen and oxygen atoms in total. The van der Waals surface area contributed by atoms with Gasteiger partial charge in [-0.25, -0.2) is 0 Å². The number of ether oxygens (including phenoxy) is 1. The Kier molecular flexibility index (Phi) is 4.29. The lowest BCUT2D eigenvalue weighted by molar-refractivity contribution is -0.141. The molecule has 1 aliphatic heterocycles. The fraction of sp³-hybridized carbons (Fsp3) is 0.688. The molecule has 0 aromatic carbocycles. The van der Waals surface area contributed by atoms with Gasteiger partial charge < -0.3 is 14.2 Å². The number of hydrogen-bond acceptors (Lipinski definition) is 4. The molecule has 3 rings (SSSR count). The Morgan fingerprint density at radius 3 is 3.05 bits per heavy atom. The second-order valence-corrected chi connectivity index (χ2v) is 6.48. The first-order chi connectivity index (χ1) is 10.6. The number of aromatic nitrogens is 3. The summed E-state index contributed by atoms with van der Waals surface area (Å²) < 4.78 is 7.57. The number of fused-ring (bicyclic) bond motifs is 1. The zero-order chi connectivity index (χ0) is 15.6. The Hall–Kier alpha value is -1.69. The third-order valence-corrected chi connectivity index (χ3v) is 4.67. The van der Waals surface area contributed by atoms with Crippen LogP contribution in [0, 0.1) is 5.41 Å². The average Bonchev–Trinajstić information content (AvgIpc) is 2.74. The van der Waals surface area contributed by atoms with Gasteiger partial charge in [0.1, 0.15) is 5.82 Å². The lowest BCUT2D eigenvalue weighted by atomic mass is 9.78. The second-order valence-electron chi connectivity index (χ2n) is 6.48. The van der Waals surface area contributed by atoms with Crippen LogP contribution in [0.15, 0.2) is 12.2 Å². The molecule has 0 saturated heterocycles. The summed E-state index contributed by atoms with van der Waals surface area (Å²) in [6.07, 6.45) is 7.78. The highest BCUT2D eigenvalue weighted by Crippen LogP contribution is 2.34. The summed E-state index contributed by atoms with van der Waals surface area (Å²) in [5.74, 6) is 2.01. The van der Waals surface area contributed by atoms with Crippen molar-refractivity contribution < 1.29 is 9.53 Å². The molecule has 1 atom stereocenters. The monoisotopic (exact) mass is 304 g/mol. The van der Waals surface area contributed by atoms with Crippen LogP contribution in [-0.2, 0) is 29.0 Å². The SMILES string of the molecule is CN(Cc1nnc2n1CCOCC2)C(=O)C1(C)CC=CCC1. The van der Waals surface area contributed by atoms with Crippen molar-refractivity contribution in [1.29, 1.82) is 0 Å². The fourth-order valence-corrected chi connectivity index (χ4v) is 3.26. The van der Waals surface area contributed by atoms with Crippen molar-refractivity contribution in [3.63, 3.8) is 0 Å². The van der Waals surface area contributed by atoms with Gasteiger partial charge in [0.05, 0.1) is 25.2 Å². The maximum absolute atomic E-state index is 12.8. The lowest BCUT2D eigenvalue weighted by Crippen LogP contribution is -2.40. The number of rotatable bonds is 3. The van der Waals surface area contributed by atoms with E-state index in [0.29, 0.717) is 19.8 Å². The zero-order valence-electron chi connectivity index (χ0n) is 13.4. The first-order valence-corrected chi connectivity index (χ1v) is 7.99. The van der Waals surface area contributed by atoms with E-state index in [1.165, 1.54) is 0 Å². The molecule has 22 heavy (non-hydrogen) atoms. The predicted molar refractivity (Wildman–Crippen MR) is 82.1 cm³/mol. The van der Waals surface area contributed by atoms with E-state index < -0.39 is 0 Å². The Balaban J connectivity index is 1.71. The van der Waals surface area contributed by atoms with Crippen LogP contribution in [-0.4, -0.2) is 45.8 Å². The van der Waals surface area contributed by atoms with Gasteiger partial charge in [0.15, 0.2) is 5.82 Å². The van der Waals surface area contributed by atoms with Gasteiger partial charge in [0.2, 0.25) is 5.91 Å². The van der Waals surface area contributed by atoms with E-state index in [-0.39, 0.29) is 11.3 Å². The third kappa shape index (κ3) is 2.92. The van der Waals surface area contributed by atoms with Crippen molar-refractivity contribution >= 4 is 5.91 Å². The number of hydrogen-bond donors (Lipinski definition) is 0. The largest absolute Gasteiger partial charge is 0.379 e. The molecule has 1 aromatic rings. The molecule has 0 saturated carbocycles. The highest BCUT2D eigenvalue weighted by atomic mass is 16.5. The number of amides is 1. The van der Waals surface area contributed by atoms with Gasteiger partial charge in [-0.1, -0.05) is 19.1 Å². The minimum Gasteiger partial charge on any atom is -0.379 e. The van der Waals surface area contributed by atoms with Crippen molar-refractivity contribution in [2.45, 2.75) is 45.7 Å². The average molecular weight is 304 g/mol. The van der Waals surface area contributed by atoms with E-state index in [2.05, 4.69) is 33.8 Å². The van der Waals surface area contributed by atoms with Gasteiger partial charge in [-0.3, -0.25) is 4.79 Å². The van der Waals surface area contributed by atoms with E-state index in [9.17, 15) is 4.79 Å². The van der Waals surface area contributed by atoms with Crippen molar-refractivity contribution in [3.8, 4) is 0 Å². The van der Waals surface area contributed by atoms with E-state index in [0.717, 1.165) is 43.9 Å². The lowest BCUT2D eigenvalue weighted by Gasteiger charge is -2.33. The van der Waals surface area contributed by atoms with E-state index in [4.69, 9.17) is 4.74 Å². The molecule has 1 amide bonds. The Bertz CT molecular complexity index is 581. The topological polar surface area (TPSA) is 60.3 Å². The predicted octanol–water partition coefficient (Wildman–Crippen LogP) is 1.56. The Labute approximate surface area is 131 Å². The molecule has 2 heterocycles. The van der Waals surface area contributed by atoms with Crippen LogP contribution in [0.25, 0.3) is 0 Å². The standard InChI is InChI=1S/C16H24N4O2/c1-16(7-4-3-5-8-16)15(21)19(2)12-14-18-17-13-6-10-22-11-9-20(13)14/h3-4H,5-12H2,1-2H3. The van der Waals surface area contributed by atoms with Crippen molar-refractivity contribution in [2.24, 2.45) is 5.41 Å². The maximum Gasteiger partial charge on any atom is 0.228 e. The quantitative estimate of drug-likeness (QED) is 0.795. The van der Waals surface area contributed by atoms with E-state index in [1.807, 2.05) is 7.05 Å². The number of carbonyl (C=O) groups is 1. The smallest absolute Gasteiger partial charge is 0.228 e. The summed E-state index contributed by atoms with van der Waals surface area (Å²) >= 11 is 0. The third-order valence-electron chi connectivity index (χ3n) is 4.67. The van der Waals surface area contributed by atoms with Crippen molar-refractivity contribution in [3.05, 3.63) is 23.8 Å². The van der Waals surface area contributed by atoms with E-state index in [1.54, 1.807) is 4.90 Å². The summed E-state index contributed by atoms with van der Waals surface area (Å²) in [4.78, 5) is 14.6. The summed E-state index contributed by atoms with van der Waals surface area (Å²) in [7, 11) is 1.86. The van der Waals surface area contributed by atoms with Crippen LogP contribution in [0.2, 0.25) is 0 Å². The van der Waals surface area contributed by atoms with Gasteiger partial charge in [-0.05, 0) is 19.3 Å². The highest BCUT2D eigenvalue weighted by Gasteiger charge is 2.35. The van der Waals surface area contributed by atoms with Crippen LogP contribution >= 0.6 is 0 Å². The van der Waals surface area contributed by atoms with Crippen LogP contribution in [0.3, 0.4) is 0 Å². The number of allylic oxidation sites excluding steroid dienone is 2. The normalized spacial score (nSPS) is 24.6. The second kappa shape index (κ2) is 6.20. The molecule has 0 bridgehead atoms. The van der Waals surface area contributed by atoms with Crippen molar-refractivity contribution in [2.75, 3.05) is 20.3 Å². The summed E-state index contributed by atoms with van der Waals surface area (Å²) in [5, 5.41) is 8.52. The van der Waals surface area contributed by atoms with Crippen LogP contribution < -0.4 is 0 Å². The van der Waals surface area contributed by atoms with Gasteiger partial charge in [0, 0.05) is 20.0 Å². The number of nitrogens with zero attached hydrogens (tertiary/aromatic N) is 4. The van der Waals surface area contributed by atoms with Crippen LogP contribution in [0.4, 0.5) is 0 Å². The molecular formula is C16H24N4O2. The van der Waals surface area contributed by atoms with Crippen LogP contribution in [0.5, 0.6) is 0 Å². The molecule has 120 valence electrons. The molecule has 0 fully saturated rings. The molecular weight excluding hydrogens is 280 g/mol. The molecule has 2 aliphatic rings. The zero-order valence-corrected chi connectivity index (χ0v) is 13.4.